The van der Waals surface area contributed by atoms with E-state index < -0.39 is 5.82 Å². The smallest absolute Gasteiger partial charge is 0.244 e. The molecule has 0 bridgehead atoms. The van der Waals surface area contributed by atoms with E-state index in [-0.39, 0.29) is 17.5 Å². The average molecular weight is 364 g/mol. The molecule has 0 saturated carbocycles. The van der Waals surface area contributed by atoms with Crippen molar-refractivity contribution in [2.24, 2.45) is 0 Å². The second-order valence-electron chi connectivity index (χ2n) is 5.21. The zero-order valence-corrected chi connectivity index (χ0v) is 14.5. The fraction of sp³-hybridized carbons (Fsp3) is 0.176. The minimum Gasteiger partial charge on any atom is -0.324 e. The third-order valence-corrected chi connectivity index (χ3v) is 4.35. The molecule has 0 aliphatic carbocycles. The van der Waals surface area contributed by atoms with Crippen molar-refractivity contribution in [1.29, 1.82) is 0 Å². The Kier molecular flexibility index (Phi) is 5.06. The Bertz CT molecular complexity index is 897. The molecule has 24 heavy (non-hydrogen) atoms. The lowest BCUT2D eigenvalue weighted by Gasteiger charge is -2.10. The van der Waals surface area contributed by atoms with E-state index in [1.165, 1.54) is 18.2 Å². The number of para-hydroxylation sites is 2. The number of hydrogen-bond acceptors (Lipinski definition) is 3. The summed E-state index contributed by atoms with van der Waals surface area (Å²) in [6.45, 7) is 0.130. The van der Waals surface area contributed by atoms with Crippen molar-refractivity contribution in [1.82, 2.24) is 9.55 Å². The summed E-state index contributed by atoms with van der Waals surface area (Å²) >= 11 is 7.38. The van der Waals surface area contributed by atoms with Crippen molar-refractivity contribution in [2.45, 2.75) is 12.3 Å². The molecule has 0 spiro atoms. The third-order valence-electron chi connectivity index (χ3n) is 3.51. The molecule has 124 valence electrons. The predicted molar refractivity (Wildman–Crippen MR) is 97.0 cm³/mol. The molecule has 0 saturated heterocycles. The van der Waals surface area contributed by atoms with Gasteiger partial charge in [-0.3, -0.25) is 4.79 Å². The highest BCUT2D eigenvalue weighted by Crippen LogP contribution is 2.21. The Morgan fingerprint density at radius 2 is 2.12 bits per heavy atom. The number of imidazole rings is 1. The molecule has 0 atom stereocenters. The molecule has 7 heteroatoms. The van der Waals surface area contributed by atoms with E-state index >= 15 is 0 Å². The first-order valence-electron chi connectivity index (χ1n) is 7.26. The van der Waals surface area contributed by atoms with Crippen LogP contribution in [0.5, 0.6) is 0 Å². The Morgan fingerprint density at radius 3 is 2.88 bits per heavy atom. The van der Waals surface area contributed by atoms with Gasteiger partial charge < -0.3 is 9.88 Å². The number of carbonyl (C=O) groups is 1. The maximum atomic E-state index is 13.2. The summed E-state index contributed by atoms with van der Waals surface area (Å²) in [6.07, 6.45) is 1.99. The molecule has 1 aromatic heterocycles. The van der Waals surface area contributed by atoms with Crippen molar-refractivity contribution in [3.63, 3.8) is 0 Å². The van der Waals surface area contributed by atoms with Gasteiger partial charge in [-0.15, -0.1) is 0 Å². The molecule has 0 fully saturated rings. The van der Waals surface area contributed by atoms with Crippen molar-refractivity contribution in [3.05, 3.63) is 59.1 Å². The van der Waals surface area contributed by atoms with Crippen LogP contribution in [0, 0.1) is 5.82 Å². The molecule has 2 aromatic carbocycles. The Labute approximate surface area is 148 Å². The van der Waals surface area contributed by atoms with Crippen LogP contribution in [-0.4, -0.2) is 21.7 Å². The highest BCUT2D eigenvalue weighted by molar-refractivity contribution is 7.97. The maximum Gasteiger partial charge on any atom is 0.244 e. The first-order chi connectivity index (χ1) is 11.6. The number of aromatic nitrogens is 2. The molecule has 1 amide bonds. The quantitative estimate of drug-likeness (QED) is 0.733. The summed E-state index contributed by atoms with van der Waals surface area (Å²) in [5, 5.41) is 2.71. The van der Waals surface area contributed by atoms with Crippen LogP contribution in [0.2, 0.25) is 5.02 Å². The number of benzene rings is 2. The van der Waals surface area contributed by atoms with E-state index in [1.54, 1.807) is 11.8 Å². The van der Waals surface area contributed by atoms with Gasteiger partial charge in [-0.1, -0.05) is 23.7 Å². The summed E-state index contributed by atoms with van der Waals surface area (Å²) in [5.41, 5.74) is 2.23. The number of halogens is 2. The molecule has 1 heterocycles. The molecule has 0 radical (unpaired) electrons. The number of rotatable bonds is 5. The van der Waals surface area contributed by atoms with Gasteiger partial charge in [0.2, 0.25) is 5.91 Å². The van der Waals surface area contributed by atoms with E-state index in [0.717, 1.165) is 16.9 Å². The standard InChI is InChI=1S/C17H15ClFN3OS/c1-24-10-16-21-14-4-2-3-5-15(14)22(16)9-17(23)20-11-6-7-13(19)12(18)8-11/h2-8H,9-10H2,1H3,(H,20,23). The molecule has 4 nitrogen and oxygen atoms in total. The summed E-state index contributed by atoms with van der Waals surface area (Å²) in [7, 11) is 0. The fourth-order valence-electron chi connectivity index (χ4n) is 2.46. The van der Waals surface area contributed by atoms with Gasteiger partial charge in [0.15, 0.2) is 0 Å². The van der Waals surface area contributed by atoms with Crippen LogP contribution in [0.15, 0.2) is 42.5 Å². The van der Waals surface area contributed by atoms with Gasteiger partial charge in [0.05, 0.1) is 21.8 Å². The van der Waals surface area contributed by atoms with Crippen LogP contribution >= 0.6 is 23.4 Å². The Balaban J connectivity index is 1.84. The van der Waals surface area contributed by atoms with E-state index in [1.807, 2.05) is 35.1 Å². The highest BCUT2D eigenvalue weighted by Gasteiger charge is 2.13. The van der Waals surface area contributed by atoms with Crippen LogP contribution in [0.1, 0.15) is 5.82 Å². The van der Waals surface area contributed by atoms with Crippen molar-refractivity contribution in [2.75, 3.05) is 11.6 Å². The first-order valence-corrected chi connectivity index (χ1v) is 9.03. The average Bonchev–Trinajstić information content (AvgIpc) is 2.89. The monoisotopic (exact) mass is 363 g/mol. The van der Waals surface area contributed by atoms with Crippen LogP contribution in [0.3, 0.4) is 0 Å². The number of thioether (sulfide) groups is 1. The first kappa shape index (κ1) is 16.8. The van der Waals surface area contributed by atoms with Crippen LogP contribution < -0.4 is 5.32 Å². The molecule has 0 aliphatic rings. The van der Waals surface area contributed by atoms with Gasteiger partial charge in [-0.05, 0) is 36.6 Å². The van der Waals surface area contributed by atoms with E-state index in [4.69, 9.17) is 11.6 Å². The van der Waals surface area contributed by atoms with Gasteiger partial charge in [0.25, 0.3) is 0 Å². The number of anilines is 1. The lowest BCUT2D eigenvalue weighted by Crippen LogP contribution is -2.20. The number of fused-ring (bicyclic) bond motifs is 1. The minimum absolute atomic E-state index is 0.0241. The summed E-state index contributed by atoms with van der Waals surface area (Å²) in [4.78, 5) is 17.0. The van der Waals surface area contributed by atoms with Gasteiger partial charge in [0.1, 0.15) is 18.2 Å². The highest BCUT2D eigenvalue weighted by atomic mass is 35.5. The predicted octanol–water partition coefficient (Wildman–Crippen LogP) is 4.33. The van der Waals surface area contributed by atoms with Gasteiger partial charge in [-0.2, -0.15) is 11.8 Å². The number of hydrogen-bond donors (Lipinski definition) is 1. The van der Waals surface area contributed by atoms with Gasteiger partial charge >= 0.3 is 0 Å². The molecule has 3 aromatic rings. The maximum absolute atomic E-state index is 13.2. The lowest BCUT2D eigenvalue weighted by molar-refractivity contribution is -0.116. The lowest BCUT2D eigenvalue weighted by atomic mass is 10.3. The van der Waals surface area contributed by atoms with Crippen molar-refractivity contribution < 1.29 is 9.18 Å². The molecule has 0 unspecified atom stereocenters. The van der Waals surface area contributed by atoms with E-state index in [2.05, 4.69) is 10.3 Å². The molecule has 1 N–H and O–H groups in total. The SMILES string of the molecule is CSCc1nc2ccccc2n1CC(=O)Nc1ccc(F)c(Cl)c1. The van der Waals surface area contributed by atoms with Crippen LogP contribution in [0.25, 0.3) is 11.0 Å². The number of amides is 1. The topological polar surface area (TPSA) is 46.9 Å². The van der Waals surface area contributed by atoms with Crippen molar-refractivity contribution in [3.8, 4) is 0 Å². The van der Waals surface area contributed by atoms with Gasteiger partial charge in [-0.25, -0.2) is 9.37 Å². The fourth-order valence-corrected chi connectivity index (χ4v) is 3.12. The zero-order valence-electron chi connectivity index (χ0n) is 12.9. The van der Waals surface area contributed by atoms with Crippen molar-refractivity contribution >= 4 is 46.0 Å². The second kappa shape index (κ2) is 7.23. The Morgan fingerprint density at radius 1 is 1.33 bits per heavy atom. The summed E-state index contributed by atoms with van der Waals surface area (Å²) in [6, 6.07) is 11.8. The number of nitrogens with one attached hydrogen (secondary N) is 1. The third kappa shape index (κ3) is 3.55. The largest absolute Gasteiger partial charge is 0.324 e. The van der Waals surface area contributed by atoms with E-state index in [0.29, 0.717) is 11.4 Å². The zero-order chi connectivity index (χ0) is 17.1. The molecule has 0 aliphatic heterocycles. The second-order valence-corrected chi connectivity index (χ2v) is 6.49. The van der Waals surface area contributed by atoms with Crippen LogP contribution in [0.4, 0.5) is 10.1 Å². The molecular formula is C17H15ClFN3OS. The normalized spacial score (nSPS) is 11.0. The Hall–Kier alpha value is -2.05. The number of carbonyl (C=O) groups excluding carboxylic acids is 1. The summed E-state index contributed by atoms with van der Waals surface area (Å²) < 4.78 is 15.1. The number of nitrogens with zero attached hydrogens (tertiary/aromatic N) is 2. The van der Waals surface area contributed by atoms with E-state index in [9.17, 15) is 9.18 Å². The minimum atomic E-state index is -0.516. The van der Waals surface area contributed by atoms with Crippen LogP contribution in [-0.2, 0) is 17.1 Å². The molecular weight excluding hydrogens is 349 g/mol. The molecule has 3 rings (SSSR count). The summed E-state index contributed by atoms with van der Waals surface area (Å²) in [5.74, 6) is 0.821. The van der Waals surface area contributed by atoms with Gasteiger partial charge in [0, 0.05) is 5.69 Å².